The molecule has 0 aliphatic carbocycles. The fourth-order valence-corrected chi connectivity index (χ4v) is 3.51. The number of hydrogen-bond acceptors (Lipinski definition) is 4. The van der Waals surface area contributed by atoms with Gasteiger partial charge >= 0.3 is 0 Å². The monoisotopic (exact) mass is 398 g/mol. The highest BCUT2D eigenvalue weighted by Crippen LogP contribution is 2.21. The van der Waals surface area contributed by atoms with Crippen LogP contribution in [0.4, 0.5) is 4.39 Å². The molecule has 0 spiro atoms. The van der Waals surface area contributed by atoms with Crippen LogP contribution >= 0.6 is 0 Å². The quantitative estimate of drug-likeness (QED) is 0.488. The number of aliphatic hydroxyl groups excluding tert-OH is 1. The second-order valence-corrected chi connectivity index (χ2v) is 7.39. The fourth-order valence-electron chi connectivity index (χ4n) is 3.51. The number of β-amino-alcohol motifs (C(OH)–C–C–N with tert-alkyl or cyclic N) is 1. The molecule has 1 saturated heterocycles. The van der Waals surface area contributed by atoms with Crippen LogP contribution in [0.5, 0.6) is 5.75 Å². The third-order valence-corrected chi connectivity index (χ3v) is 5.25. The van der Waals surface area contributed by atoms with Crippen LogP contribution < -0.4 is 4.74 Å². The topological polar surface area (TPSA) is 35.9 Å². The molecule has 1 aliphatic heterocycles. The second kappa shape index (κ2) is 11.7. The molecule has 0 radical (unpaired) electrons. The van der Waals surface area contributed by atoms with E-state index in [0.29, 0.717) is 6.61 Å². The summed E-state index contributed by atoms with van der Waals surface area (Å²) in [6.45, 7) is 7.09. The van der Waals surface area contributed by atoms with E-state index < -0.39 is 0 Å². The molecule has 0 unspecified atom stereocenters. The molecule has 1 aliphatic rings. The van der Waals surface area contributed by atoms with Gasteiger partial charge in [-0.3, -0.25) is 4.90 Å². The molecular weight excluding hydrogens is 367 g/mol. The average Bonchev–Trinajstić information content (AvgIpc) is 2.75. The third kappa shape index (κ3) is 7.28. The molecule has 2 aromatic carbocycles. The summed E-state index contributed by atoms with van der Waals surface area (Å²) >= 11 is 0. The van der Waals surface area contributed by atoms with Crippen molar-refractivity contribution in [2.45, 2.75) is 12.8 Å². The van der Waals surface area contributed by atoms with Crippen molar-refractivity contribution in [2.24, 2.45) is 0 Å². The number of para-hydroxylation sites is 1. The smallest absolute Gasteiger partial charge is 0.126 e. The maximum atomic E-state index is 13.0. The number of ether oxygens (including phenoxy) is 1. The second-order valence-electron chi connectivity index (χ2n) is 7.39. The molecular formula is C24H31FN2O2. The van der Waals surface area contributed by atoms with E-state index in [-0.39, 0.29) is 12.4 Å². The van der Waals surface area contributed by atoms with Crippen molar-refractivity contribution in [1.29, 1.82) is 0 Å². The standard InChI is InChI=1S/C24H31FN2O2/c25-23-11-8-21(9-12-23)7-10-22-5-1-2-6-24(22)29-20-4-3-13-26-14-16-27(17-15-26)18-19-28/h1-2,5-12,28H,3-4,13-20H2/b10-7+. The summed E-state index contributed by atoms with van der Waals surface area (Å²) < 4.78 is 19.0. The highest BCUT2D eigenvalue weighted by Gasteiger charge is 2.15. The van der Waals surface area contributed by atoms with Gasteiger partial charge in [0.15, 0.2) is 0 Å². The Bertz CT molecular complexity index is 756. The van der Waals surface area contributed by atoms with E-state index in [1.807, 2.05) is 36.4 Å². The number of hydrogen-bond donors (Lipinski definition) is 1. The van der Waals surface area contributed by atoms with Crippen LogP contribution in [0.25, 0.3) is 12.2 Å². The molecule has 4 nitrogen and oxygen atoms in total. The van der Waals surface area contributed by atoms with Gasteiger partial charge in [-0.25, -0.2) is 4.39 Å². The number of halogens is 1. The van der Waals surface area contributed by atoms with Crippen molar-refractivity contribution >= 4 is 12.2 Å². The molecule has 2 aromatic rings. The largest absolute Gasteiger partial charge is 0.493 e. The third-order valence-electron chi connectivity index (χ3n) is 5.25. The number of aliphatic hydroxyl groups is 1. The van der Waals surface area contributed by atoms with Gasteiger partial charge in [-0.1, -0.05) is 42.5 Å². The molecule has 0 aromatic heterocycles. The van der Waals surface area contributed by atoms with Crippen LogP contribution in [0, 0.1) is 5.82 Å². The fraction of sp³-hybridized carbons (Fsp3) is 0.417. The summed E-state index contributed by atoms with van der Waals surface area (Å²) in [7, 11) is 0. The van der Waals surface area contributed by atoms with Gasteiger partial charge in [-0.15, -0.1) is 0 Å². The molecule has 1 N–H and O–H groups in total. The van der Waals surface area contributed by atoms with Crippen LogP contribution in [-0.4, -0.2) is 67.4 Å². The van der Waals surface area contributed by atoms with Gasteiger partial charge in [0.1, 0.15) is 11.6 Å². The van der Waals surface area contributed by atoms with Crippen molar-refractivity contribution < 1.29 is 14.2 Å². The number of rotatable bonds is 10. The van der Waals surface area contributed by atoms with E-state index in [1.165, 1.54) is 12.1 Å². The first-order chi connectivity index (χ1) is 14.2. The predicted octanol–water partition coefficient (Wildman–Crippen LogP) is 3.77. The Labute approximate surface area is 173 Å². The molecule has 1 fully saturated rings. The van der Waals surface area contributed by atoms with Crippen LogP contribution in [0.15, 0.2) is 48.5 Å². The van der Waals surface area contributed by atoms with E-state index in [9.17, 15) is 4.39 Å². The Balaban J connectivity index is 1.39. The van der Waals surface area contributed by atoms with Crippen LogP contribution in [0.2, 0.25) is 0 Å². The first-order valence-electron chi connectivity index (χ1n) is 10.5. The van der Waals surface area contributed by atoms with Crippen molar-refractivity contribution in [3.8, 4) is 5.75 Å². The van der Waals surface area contributed by atoms with Gasteiger partial charge in [0.05, 0.1) is 13.2 Å². The molecule has 0 bridgehead atoms. The maximum Gasteiger partial charge on any atom is 0.126 e. The lowest BCUT2D eigenvalue weighted by atomic mass is 10.1. The summed E-state index contributed by atoms with van der Waals surface area (Å²) in [5, 5.41) is 9.01. The summed E-state index contributed by atoms with van der Waals surface area (Å²) in [6, 6.07) is 14.5. The van der Waals surface area contributed by atoms with E-state index in [0.717, 1.165) is 69.0 Å². The van der Waals surface area contributed by atoms with Gasteiger partial charge < -0.3 is 14.7 Å². The zero-order valence-electron chi connectivity index (χ0n) is 17.0. The molecule has 0 atom stereocenters. The van der Waals surface area contributed by atoms with Crippen molar-refractivity contribution in [1.82, 2.24) is 9.80 Å². The zero-order valence-corrected chi connectivity index (χ0v) is 17.0. The summed E-state index contributed by atoms with van der Waals surface area (Å²) in [6.07, 6.45) is 6.12. The number of benzene rings is 2. The van der Waals surface area contributed by atoms with Crippen molar-refractivity contribution in [3.05, 3.63) is 65.5 Å². The Morgan fingerprint density at radius 2 is 1.55 bits per heavy atom. The average molecular weight is 399 g/mol. The van der Waals surface area contributed by atoms with Gasteiger partial charge in [0.25, 0.3) is 0 Å². The minimum Gasteiger partial charge on any atom is -0.493 e. The number of unbranched alkanes of at least 4 members (excludes halogenated alkanes) is 1. The van der Waals surface area contributed by atoms with Crippen LogP contribution in [0.1, 0.15) is 24.0 Å². The lowest BCUT2D eigenvalue weighted by molar-refractivity contribution is 0.110. The van der Waals surface area contributed by atoms with Gasteiger partial charge in [0, 0.05) is 38.3 Å². The zero-order chi connectivity index (χ0) is 20.3. The van der Waals surface area contributed by atoms with Gasteiger partial charge in [-0.2, -0.15) is 0 Å². The highest BCUT2D eigenvalue weighted by atomic mass is 19.1. The molecule has 156 valence electrons. The Morgan fingerprint density at radius 3 is 2.28 bits per heavy atom. The normalized spacial score (nSPS) is 15.8. The Kier molecular flexibility index (Phi) is 8.68. The van der Waals surface area contributed by atoms with E-state index in [2.05, 4.69) is 9.80 Å². The lowest BCUT2D eigenvalue weighted by Crippen LogP contribution is -2.47. The van der Waals surface area contributed by atoms with Gasteiger partial charge in [-0.05, 0) is 43.1 Å². The molecule has 1 heterocycles. The molecule has 29 heavy (non-hydrogen) atoms. The summed E-state index contributed by atoms with van der Waals surface area (Å²) in [4.78, 5) is 4.81. The van der Waals surface area contributed by atoms with E-state index in [1.54, 1.807) is 12.1 Å². The highest BCUT2D eigenvalue weighted by molar-refractivity contribution is 5.72. The minimum atomic E-state index is -0.224. The van der Waals surface area contributed by atoms with E-state index in [4.69, 9.17) is 9.84 Å². The van der Waals surface area contributed by atoms with E-state index >= 15 is 0 Å². The van der Waals surface area contributed by atoms with Crippen molar-refractivity contribution in [2.75, 3.05) is 52.5 Å². The number of piperazine rings is 1. The summed E-state index contributed by atoms with van der Waals surface area (Å²) in [5.41, 5.74) is 1.98. The molecule has 0 saturated carbocycles. The first kappa shape index (κ1) is 21.5. The van der Waals surface area contributed by atoms with Crippen molar-refractivity contribution in [3.63, 3.8) is 0 Å². The molecule has 0 amide bonds. The number of nitrogens with zero attached hydrogens (tertiary/aromatic N) is 2. The Morgan fingerprint density at radius 1 is 0.862 bits per heavy atom. The van der Waals surface area contributed by atoms with Crippen LogP contribution in [0.3, 0.4) is 0 Å². The maximum absolute atomic E-state index is 13.0. The minimum absolute atomic E-state index is 0.224. The first-order valence-corrected chi connectivity index (χ1v) is 10.5. The SMILES string of the molecule is OCCN1CCN(CCCCOc2ccccc2/C=C/c2ccc(F)cc2)CC1. The summed E-state index contributed by atoms with van der Waals surface area (Å²) in [5.74, 6) is 0.654. The molecule has 3 rings (SSSR count). The molecule has 5 heteroatoms. The lowest BCUT2D eigenvalue weighted by Gasteiger charge is -2.34. The predicted molar refractivity (Wildman–Crippen MR) is 116 cm³/mol. The van der Waals surface area contributed by atoms with Crippen LogP contribution in [-0.2, 0) is 0 Å². The Hall–Kier alpha value is -2.21. The van der Waals surface area contributed by atoms with Gasteiger partial charge in [0.2, 0.25) is 0 Å².